The van der Waals surface area contributed by atoms with Crippen LogP contribution < -0.4 is 10.1 Å². The number of nitrogens with zero attached hydrogens (tertiary/aromatic N) is 2. The first-order valence-electron chi connectivity index (χ1n) is 12.9. The van der Waals surface area contributed by atoms with Crippen LogP contribution >= 0.6 is 0 Å². The van der Waals surface area contributed by atoms with Crippen LogP contribution in [0.2, 0.25) is 0 Å². The van der Waals surface area contributed by atoms with E-state index in [1.807, 2.05) is 26.0 Å². The maximum Gasteiger partial charge on any atom is 0.416 e. The molecule has 1 heterocycles. The number of halogens is 3. The Kier molecular flexibility index (Phi) is 10.2. The molecule has 0 saturated carbocycles. The van der Waals surface area contributed by atoms with E-state index in [4.69, 9.17) is 4.74 Å². The zero-order valence-corrected chi connectivity index (χ0v) is 22.4. The molecule has 3 atom stereocenters. The van der Waals surface area contributed by atoms with Crippen LogP contribution in [0.5, 0.6) is 5.75 Å². The molecule has 2 aromatic rings. The lowest BCUT2D eigenvalue weighted by molar-refractivity contribution is -0.137. The fourth-order valence-electron chi connectivity index (χ4n) is 4.62. The second-order valence-electron chi connectivity index (χ2n) is 9.95. The monoisotopic (exact) mass is 537 g/mol. The topological polar surface area (TPSA) is 85.3 Å². The van der Waals surface area contributed by atoms with Gasteiger partial charge in [0.25, 0.3) is 5.91 Å². The van der Waals surface area contributed by atoms with Gasteiger partial charge in [-0.25, -0.2) is 0 Å². The van der Waals surface area contributed by atoms with E-state index in [1.165, 1.54) is 12.1 Å². The number of hydrogen-bond donors (Lipinski definition) is 3. The van der Waals surface area contributed by atoms with Crippen molar-refractivity contribution in [2.45, 2.75) is 52.1 Å². The molecule has 210 valence electrons. The lowest BCUT2D eigenvalue weighted by Gasteiger charge is -2.39. The Morgan fingerprint density at radius 1 is 0.974 bits per heavy atom. The van der Waals surface area contributed by atoms with Crippen LogP contribution in [0, 0.1) is 13.8 Å². The van der Waals surface area contributed by atoms with Gasteiger partial charge in [-0.1, -0.05) is 6.07 Å². The van der Waals surface area contributed by atoms with E-state index in [1.54, 1.807) is 11.8 Å². The highest BCUT2D eigenvalue weighted by molar-refractivity contribution is 5.94. The minimum Gasteiger partial charge on any atom is -0.491 e. The Morgan fingerprint density at radius 2 is 1.61 bits per heavy atom. The quantitative estimate of drug-likeness (QED) is 0.430. The molecular weight excluding hydrogens is 499 g/mol. The third kappa shape index (κ3) is 7.69. The number of hydrogen-bond acceptors (Lipinski definition) is 6. The summed E-state index contributed by atoms with van der Waals surface area (Å²) >= 11 is 0. The molecule has 7 nitrogen and oxygen atoms in total. The first-order valence-corrected chi connectivity index (χ1v) is 12.9. The van der Waals surface area contributed by atoms with Crippen LogP contribution in [0.25, 0.3) is 0 Å². The molecule has 0 aliphatic carbocycles. The van der Waals surface area contributed by atoms with Crippen molar-refractivity contribution in [1.82, 2.24) is 15.1 Å². The maximum atomic E-state index is 12.8. The average molecular weight is 538 g/mol. The standard InChI is InChI=1S/C28H38F3N3O4/c1-18(35)15-32-16-24(36)17-38-26-10-9-25(19(2)20(26)3)21(4)33-11-13-34(14-12-33)27(37)22-5-7-23(8-6-22)28(29,30)31/h5-10,18,21,24,32,35-36H,11-17H2,1-4H3/t18?,21-,24+/m1/s1. The lowest BCUT2D eigenvalue weighted by Crippen LogP contribution is -2.49. The highest BCUT2D eigenvalue weighted by Gasteiger charge is 2.31. The van der Waals surface area contributed by atoms with Crippen molar-refractivity contribution in [2.24, 2.45) is 0 Å². The highest BCUT2D eigenvalue weighted by Crippen LogP contribution is 2.32. The van der Waals surface area contributed by atoms with Gasteiger partial charge in [-0.2, -0.15) is 13.2 Å². The summed E-state index contributed by atoms with van der Waals surface area (Å²) in [7, 11) is 0. The number of carbonyl (C=O) groups excluding carboxylic acids is 1. The summed E-state index contributed by atoms with van der Waals surface area (Å²) in [5.74, 6) is 0.447. The van der Waals surface area contributed by atoms with Crippen molar-refractivity contribution < 1.29 is 32.9 Å². The van der Waals surface area contributed by atoms with Crippen molar-refractivity contribution in [3.63, 3.8) is 0 Å². The minimum atomic E-state index is -4.43. The molecule has 1 aliphatic rings. The minimum absolute atomic E-state index is 0.0985. The lowest BCUT2D eigenvalue weighted by atomic mass is 9.96. The van der Waals surface area contributed by atoms with Gasteiger partial charge in [0, 0.05) is 50.9 Å². The molecule has 1 fully saturated rings. The van der Waals surface area contributed by atoms with Crippen LogP contribution in [0.1, 0.15) is 52.5 Å². The zero-order valence-electron chi connectivity index (χ0n) is 22.4. The molecule has 1 unspecified atom stereocenters. The number of nitrogens with one attached hydrogen (secondary N) is 1. The molecule has 0 bridgehead atoms. The Bertz CT molecular complexity index is 1070. The van der Waals surface area contributed by atoms with Crippen molar-refractivity contribution in [2.75, 3.05) is 45.9 Å². The molecule has 1 aliphatic heterocycles. The van der Waals surface area contributed by atoms with E-state index in [0.717, 1.165) is 28.8 Å². The summed E-state index contributed by atoms with van der Waals surface area (Å²) in [6.45, 7) is 11.0. The summed E-state index contributed by atoms with van der Waals surface area (Å²) in [6, 6.07) is 8.40. The molecular formula is C28H38F3N3O4. The molecule has 1 saturated heterocycles. The molecule has 1 amide bonds. The number of carbonyl (C=O) groups is 1. The van der Waals surface area contributed by atoms with Gasteiger partial charge in [0.05, 0.1) is 11.7 Å². The summed E-state index contributed by atoms with van der Waals surface area (Å²) in [6.07, 6.45) is -5.61. The van der Waals surface area contributed by atoms with Gasteiger partial charge in [0.2, 0.25) is 0 Å². The van der Waals surface area contributed by atoms with Crippen molar-refractivity contribution in [1.29, 1.82) is 0 Å². The largest absolute Gasteiger partial charge is 0.491 e. The summed E-state index contributed by atoms with van der Waals surface area (Å²) in [5, 5.41) is 22.4. The number of piperazine rings is 1. The normalized spacial score (nSPS) is 17.2. The molecule has 10 heteroatoms. The van der Waals surface area contributed by atoms with Gasteiger partial charge < -0.3 is 25.2 Å². The smallest absolute Gasteiger partial charge is 0.416 e. The molecule has 0 spiro atoms. The molecule has 3 rings (SSSR count). The van der Waals surface area contributed by atoms with E-state index in [2.05, 4.69) is 17.1 Å². The summed E-state index contributed by atoms with van der Waals surface area (Å²) < 4.78 is 44.3. The van der Waals surface area contributed by atoms with Crippen LogP contribution in [0.3, 0.4) is 0 Å². The molecule has 38 heavy (non-hydrogen) atoms. The summed E-state index contributed by atoms with van der Waals surface area (Å²) in [4.78, 5) is 16.8. The first kappa shape index (κ1) is 29.9. The Balaban J connectivity index is 1.55. The van der Waals surface area contributed by atoms with E-state index < -0.39 is 23.9 Å². The Morgan fingerprint density at radius 3 is 2.18 bits per heavy atom. The second-order valence-corrected chi connectivity index (χ2v) is 9.95. The zero-order chi connectivity index (χ0) is 28.0. The Labute approximate surface area is 222 Å². The number of benzene rings is 2. The average Bonchev–Trinajstić information content (AvgIpc) is 2.88. The highest BCUT2D eigenvalue weighted by atomic mass is 19.4. The number of ether oxygens (including phenoxy) is 1. The fourth-order valence-corrected chi connectivity index (χ4v) is 4.62. The van der Waals surface area contributed by atoms with Crippen molar-refractivity contribution in [3.8, 4) is 5.75 Å². The van der Waals surface area contributed by atoms with Crippen LogP contribution in [-0.2, 0) is 6.18 Å². The van der Waals surface area contributed by atoms with E-state index in [9.17, 15) is 28.2 Å². The van der Waals surface area contributed by atoms with Crippen LogP contribution in [-0.4, -0.2) is 84.0 Å². The fraction of sp³-hybridized carbons (Fsp3) is 0.536. The van der Waals surface area contributed by atoms with Gasteiger partial charge in [0.1, 0.15) is 18.5 Å². The molecule has 3 N–H and O–H groups in total. The molecule has 0 radical (unpaired) electrons. The van der Waals surface area contributed by atoms with Gasteiger partial charge in [-0.05, 0) is 74.7 Å². The van der Waals surface area contributed by atoms with Gasteiger partial charge in [-0.15, -0.1) is 0 Å². The second kappa shape index (κ2) is 12.9. The van der Waals surface area contributed by atoms with Gasteiger partial charge in [0.15, 0.2) is 0 Å². The Hall–Kier alpha value is -2.66. The molecule has 0 aromatic heterocycles. The van der Waals surface area contributed by atoms with Gasteiger partial charge in [-0.3, -0.25) is 9.69 Å². The van der Waals surface area contributed by atoms with E-state index >= 15 is 0 Å². The van der Waals surface area contributed by atoms with Crippen molar-refractivity contribution in [3.05, 3.63) is 64.2 Å². The summed E-state index contributed by atoms with van der Waals surface area (Å²) in [5.41, 5.74) is 2.73. The van der Waals surface area contributed by atoms with Crippen LogP contribution in [0.4, 0.5) is 13.2 Å². The SMILES string of the molecule is Cc1c(OC[C@@H](O)CNCC(C)O)ccc([C@@H](C)N2CCN(C(=O)c3ccc(C(F)(F)F)cc3)CC2)c1C. The predicted molar refractivity (Wildman–Crippen MR) is 139 cm³/mol. The molecule has 2 aromatic carbocycles. The number of amides is 1. The number of aliphatic hydroxyl groups is 2. The number of alkyl halides is 3. The van der Waals surface area contributed by atoms with E-state index in [0.29, 0.717) is 45.0 Å². The van der Waals surface area contributed by atoms with Crippen molar-refractivity contribution >= 4 is 5.91 Å². The first-order chi connectivity index (χ1) is 17.9. The van der Waals surface area contributed by atoms with Gasteiger partial charge >= 0.3 is 6.18 Å². The third-order valence-corrected chi connectivity index (χ3v) is 7.09. The third-order valence-electron chi connectivity index (χ3n) is 7.09. The number of rotatable bonds is 10. The van der Waals surface area contributed by atoms with Crippen LogP contribution in [0.15, 0.2) is 36.4 Å². The number of aliphatic hydroxyl groups excluding tert-OH is 2. The maximum absolute atomic E-state index is 12.8. The van der Waals surface area contributed by atoms with E-state index in [-0.39, 0.29) is 24.1 Å². The predicted octanol–water partition coefficient (Wildman–Crippen LogP) is 3.55.